The van der Waals surface area contributed by atoms with Crippen molar-refractivity contribution in [1.29, 1.82) is 0 Å². The molecule has 0 fully saturated rings. The predicted molar refractivity (Wildman–Crippen MR) is 133 cm³/mol. The van der Waals surface area contributed by atoms with Crippen molar-refractivity contribution in [2.45, 2.75) is 38.5 Å². The highest BCUT2D eigenvalue weighted by Gasteiger charge is 2.33. The summed E-state index contributed by atoms with van der Waals surface area (Å²) in [5, 5.41) is 14.8. The molecule has 0 aliphatic carbocycles. The topological polar surface area (TPSA) is 129 Å². The quantitative estimate of drug-likeness (QED) is 0.194. The van der Waals surface area contributed by atoms with E-state index in [4.69, 9.17) is 10.9 Å². The second-order valence-electron chi connectivity index (χ2n) is 8.69. The number of benzene rings is 2. The van der Waals surface area contributed by atoms with Gasteiger partial charge in [0, 0.05) is 47.7 Å². The van der Waals surface area contributed by atoms with Crippen LogP contribution in [0.5, 0.6) is 0 Å². The van der Waals surface area contributed by atoms with Gasteiger partial charge in [0.15, 0.2) is 0 Å². The van der Waals surface area contributed by atoms with Gasteiger partial charge in [-0.25, -0.2) is 5.48 Å². The third kappa shape index (κ3) is 7.76. The molecular formula is C27H29N5O3. The van der Waals surface area contributed by atoms with Gasteiger partial charge in [-0.15, -0.1) is 0 Å². The highest BCUT2D eigenvalue weighted by atomic mass is 16.5. The number of hydroxylamine groups is 1. The van der Waals surface area contributed by atoms with E-state index in [9.17, 15) is 9.59 Å². The van der Waals surface area contributed by atoms with E-state index in [2.05, 4.69) is 27.5 Å². The van der Waals surface area contributed by atoms with E-state index in [1.54, 1.807) is 44.3 Å². The maximum atomic E-state index is 12.5. The number of rotatable bonds is 8. The van der Waals surface area contributed by atoms with Crippen LogP contribution in [0.1, 0.15) is 46.5 Å². The minimum absolute atomic E-state index is 0.346. The van der Waals surface area contributed by atoms with Gasteiger partial charge >= 0.3 is 0 Å². The second-order valence-corrected chi connectivity index (χ2v) is 8.69. The Morgan fingerprint density at radius 2 is 1.57 bits per heavy atom. The predicted octanol–water partition coefficient (Wildman–Crippen LogP) is 2.11. The third-order valence-corrected chi connectivity index (χ3v) is 5.23. The second kappa shape index (κ2) is 11.9. The van der Waals surface area contributed by atoms with Crippen molar-refractivity contribution >= 4 is 11.8 Å². The van der Waals surface area contributed by atoms with Gasteiger partial charge in [-0.1, -0.05) is 30.0 Å². The number of hydrogen-bond acceptors (Lipinski definition) is 6. The Kier molecular flexibility index (Phi) is 8.70. The lowest BCUT2D eigenvalue weighted by molar-refractivity contribution is -0.132. The molecule has 35 heavy (non-hydrogen) atoms. The van der Waals surface area contributed by atoms with Crippen LogP contribution >= 0.6 is 0 Å². The van der Waals surface area contributed by atoms with Crippen LogP contribution in [-0.4, -0.2) is 33.6 Å². The van der Waals surface area contributed by atoms with Crippen LogP contribution in [0.15, 0.2) is 73.1 Å². The van der Waals surface area contributed by atoms with Crippen molar-refractivity contribution in [2.75, 3.05) is 0 Å². The van der Waals surface area contributed by atoms with Crippen LogP contribution in [0.3, 0.4) is 0 Å². The number of hydrogen-bond donors (Lipinski definition) is 5. The number of carbonyl (C=O) groups is 2. The molecule has 0 saturated carbocycles. The Morgan fingerprint density at radius 3 is 2.11 bits per heavy atom. The zero-order chi connectivity index (χ0) is 25.3. The van der Waals surface area contributed by atoms with Gasteiger partial charge in [0.05, 0.1) is 0 Å². The number of nitrogens with zero attached hydrogens (tertiary/aromatic N) is 1. The average molecular weight is 472 g/mol. The minimum atomic E-state index is -1.10. The number of nitrogens with one attached hydrogen (secondary N) is 3. The number of pyridine rings is 1. The fraction of sp³-hybridized carbons (Fsp3) is 0.222. The van der Waals surface area contributed by atoms with Crippen LogP contribution < -0.4 is 21.8 Å². The highest BCUT2D eigenvalue weighted by molar-refractivity contribution is 5.97. The summed E-state index contributed by atoms with van der Waals surface area (Å²) < 4.78 is 0. The van der Waals surface area contributed by atoms with Gasteiger partial charge in [-0.2, -0.15) is 0 Å². The first-order chi connectivity index (χ1) is 16.8. The fourth-order valence-electron chi connectivity index (χ4n) is 3.28. The van der Waals surface area contributed by atoms with Gasteiger partial charge in [0.25, 0.3) is 11.8 Å². The van der Waals surface area contributed by atoms with Gasteiger partial charge in [0.1, 0.15) is 6.04 Å². The van der Waals surface area contributed by atoms with Crippen LogP contribution in [0, 0.1) is 11.8 Å². The van der Waals surface area contributed by atoms with Crippen LogP contribution in [-0.2, 0) is 17.9 Å². The smallest absolute Gasteiger partial charge is 0.267 e. The van der Waals surface area contributed by atoms with Gasteiger partial charge in [-0.05, 0) is 67.4 Å². The van der Waals surface area contributed by atoms with Crippen molar-refractivity contribution < 1.29 is 14.8 Å². The van der Waals surface area contributed by atoms with E-state index in [0.717, 1.165) is 35.3 Å². The third-order valence-electron chi connectivity index (χ3n) is 5.23. The van der Waals surface area contributed by atoms with Crippen LogP contribution in [0.4, 0.5) is 0 Å². The van der Waals surface area contributed by atoms with E-state index in [1.165, 1.54) is 5.48 Å². The van der Waals surface area contributed by atoms with Crippen LogP contribution in [0.25, 0.3) is 0 Å². The molecule has 1 heterocycles. The summed E-state index contributed by atoms with van der Waals surface area (Å²) in [6.45, 7) is 4.66. The summed E-state index contributed by atoms with van der Waals surface area (Å²) in [5.41, 5.74) is 10.7. The molecule has 1 atom stereocenters. The van der Waals surface area contributed by atoms with E-state index in [-0.39, 0.29) is 0 Å². The molecular weight excluding hydrogens is 442 g/mol. The molecule has 180 valence electrons. The Bertz CT molecular complexity index is 1190. The number of carbonyl (C=O) groups excluding carboxylic acids is 2. The number of nitrogens with two attached hydrogens (primary N) is 1. The molecule has 8 nitrogen and oxygen atoms in total. The summed E-state index contributed by atoms with van der Waals surface area (Å²) >= 11 is 0. The van der Waals surface area contributed by atoms with Crippen molar-refractivity contribution in [3.8, 4) is 11.8 Å². The Hall–Kier alpha value is -4.03. The van der Waals surface area contributed by atoms with E-state index in [0.29, 0.717) is 5.56 Å². The fourth-order valence-corrected chi connectivity index (χ4v) is 3.28. The molecule has 1 aromatic heterocycles. The highest BCUT2D eigenvalue weighted by Crippen LogP contribution is 2.10. The average Bonchev–Trinajstić information content (AvgIpc) is 2.86. The zero-order valence-electron chi connectivity index (χ0n) is 19.7. The van der Waals surface area contributed by atoms with Crippen molar-refractivity contribution in [3.05, 3.63) is 101 Å². The molecule has 0 unspecified atom stereocenters. The van der Waals surface area contributed by atoms with Crippen molar-refractivity contribution in [1.82, 2.24) is 21.1 Å². The molecule has 2 amide bonds. The molecule has 3 rings (SSSR count). The van der Waals surface area contributed by atoms with E-state index in [1.807, 2.05) is 42.6 Å². The van der Waals surface area contributed by atoms with E-state index < -0.39 is 23.4 Å². The minimum Gasteiger partial charge on any atom is -0.338 e. The molecule has 8 heteroatoms. The Balaban J connectivity index is 1.56. The maximum absolute atomic E-state index is 12.5. The molecule has 0 radical (unpaired) electrons. The molecule has 6 N–H and O–H groups in total. The Morgan fingerprint density at radius 1 is 0.971 bits per heavy atom. The standard InChI is InChI=1S/C27H29N5O3/c1-27(2,28)24(26(34)32-35)31-25(33)23-13-11-20(12-14-23)6-5-19-7-9-21(10-8-19)16-30-18-22-4-3-15-29-17-22/h3-4,7-15,17,24,30,35H,16,18,28H2,1-2H3,(H,31,33)(H,32,34)/t24-/m1/s1. The lowest BCUT2D eigenvalue weighted by Crippen LogP contribution is -2.61. The first kappa shape index (κ1) is 25.6. The van der Waals surface area contributed by atoms with Gasteiger partial charge in [0.2, 0.25) is 0 Å². The summed E-state index contributed by atoms with van der Waals surface area (Å²) in [4.78, 5) is 28.5. The monoisotopic (exact) mass is 471 g/mol. The van der Waals surface area contributed by atoms with Crippen molar-refractivity contribution in [2.24, 2.45) is 5.73 Å². The molecule has 0 aliphatic heterocycles. The van der Waals surface area contributed by atoms with Crippen LogP contribution in [0.2, 0.25) is 0 Å². The largest absolute Gasteiger partial charge is 0.338 e. The summed E-state index contributed by atoms with van der Waals surface area (Å²) in [6, 6.07) is 17.6. The Labute approximate surface area is 204 Å². The number of aromatic nitrogens is 1. The molecule has 0 bridgehead atoms. The summed E-state index contributed by atoms with van der Waals surface area (Å²) in [7, 11) is 0. The normalized spacial score (nSPS) is 11.7. The molecule has 2 aromatic carbocycles. The SMILES string of the molecule is CC(C)(N)[C@H](NC(=O)c1ccc(C#Cc2ccc(CNCc3cccnc3)cc2)cc1)C(=O)NO. The maximum Gasteiger partial charge on any atom is 0.267 e. The summed E-state index contributed by atoms with van der Waals surface area (Å²) in [5.74, 6) is 4.93. The zero-order valence-corrected chi connectivity index (χ0v) is 19.7. The first-order valence-electron chi connectivity index (χ1n) is 11.1. The molecule has 0 saturated heterocycles. The molecule has 3 aromatic rings. The van der Waals surface area contributed by atoms with Gasteiger partial charge < -0.3 is 16.4 Å². The van der Waals surface area contributed by atoms with Crippen molar-refractivity contribution in [3.63, 3.8) is 0 Å². The lowest BCUT2D eigenvalue weighted by atomic mass is 9.95. The summed E-state index contributed by atoms with van der Waals surface area (Å²) in [6.07, 6.45) is 3.60. The molecule has 0 spiro atoms. The molecule has 0 aliphatic rings. The lowest BCUT2D eigenvalue weighted by Gasteiger charge is -2.29. The van der Waals surface area contributed by atoms with Gasteiger partial charge in [-0.3, -0.25) is 19.8 Å². The van der Waals surface area contributed by atoms with E-state index >= 15 is 0 Å². The first-order valence-corrected chi connectivity index (χ1v) is 11.1. The number of amides is 2.